The van der Waals surface area contributed by atoms with Crippen LogP contribution < -0.4 is 5.73 Å². The van der Waals surface area contributed by atoms with Gasteiger partial charge in [0.25, 0.3) is 0 Å². The molecule has 0 aliphatic carbocycles. The van der Waals surface area contributed by atoms with E-state index in [2.05, 4.69) is 13.8 Å². The van der Waals surface area contributed by atoms with Crippen LogP contribution in [0.1, 0.15) is 50.8 Å². The van der Waals surface area contributed by atoms with E-state index in [0.717, 1.165) is 38.6 Å². The Kier molecular flexibility index (Phi) is 12.3. The summed E-state index contributed by atoms with van der Waals surface area (Å²) in [5, 5.41) is 2.03. The van der Waals surface area contributed by atoms with Crippen molar-refractivity contribution in [1.29, 1.82) is 0 Å². The predicted molar refractivity (Wildman–Crippen MR) is 95.7 cm³/mol. The molecule has 1 heterocycles. The maximum Gasteiger partial charge on any atom is 0.410 e. The molecular weight excluding hydrogens is 320 g/mol. The second-order valence-electron chi connectivity index (χ2n) is 5.33. The SMILES string of the molecule is CCCC[C@H](N)COC(=O)N(CCCC)Cc1cccs1.Cl. The number of halogens is 1. The lowest BCUT2D eigenvalue weighted by molar-refractivity contribution is 0.0931. The van der Waals surface area contributed by atoms with Crippen molar-refractivity contribution in [1.82, 2.24) is 4.90 Å². The van der Waals surface area contributed by atoms with Gasteiger partial charge in [-0.3, -0.25) is 0 Å². The molecule has 0 aliphatic rings. The fourth-order valence-electron chi connectivity index (χ4n) is 1.99. The largest absolute Gasteiger partial charge is 0.448 e. The summed E-state index contributed by atoms with van der Waals surface area (Å²) in [5.41, 5.74) is 5.95. The van der Waals surface area contributed by atoms with Crippen molar-refractivity contribution >= 4 is 29.8 Å². The Hall–Kier alpha value is -0.780. The molecule has 0 aromatic carbocycles. The van der Waals surface area contributed by atoms with Crippen LogP contribution in [0.25, 0.3) is 0 Å². The van der Waals surface area contributed by atoms with Crippen LogP contribution in [0.15, 0.2) is 17.5 Å². The first-order valence-electron chi connectivity index (χ1n) is 7.87. The third kappa shape index (κ3) is 8.61. The zero-order chi connectivity index (χ0) is 15.5. The zero-order valence-electron chi connectivity index (χ0n) is 13.6. The van der Waals surface area contributed by atoms with Gasteiger partial charge in [-0.15, -0.1) is 23.7 Å². The minimum atomic E-state index is -0.246. The van der Waals surface area contributed by atoms with E-state index < -0.39 is 0 Å². The maximum absolute atomic E-state index is 12.2. The molecule has 0 radical (unpaired) electrons. The van der Waals surface area contributed by atoms with Crippen LogP contribution in [-0.2, 0) is 11.3 Å². The molecule has 1 rings (SSSR count). The second-order valence-corrected chi connectivity index (χ2v) is 6.37. The summed E-state index contributed by atoms with van der Waals surface area (Å²) in [7, 11) is 0. The Bertz CT molecular complexity index is 388. The van der Waals surface area contributed by atoms with Crippen LogP contribution >= 0.6 is 23.7 Å². The molecule has 0 fully saturated rings. The molecule has 0 saturated heterocycles. The fourth-order valence-corrected chi connectivity index (χ4v) is 2.71. The number of ether oxygens (including phenoxy) is 1. The van der Waals surface area contributed by atoms with E-state index in [9.17, 15) is 4.79 Å². The Morgan fingerprint density at radius 3 is 2.68 bits per heavy atom. The highest BCUT2D eigenvalue weighted by molar-refractivity contribution is 7.09. The lowest BCUT2D eigenvalue weighted by atomic mass is 10.1. The number of amides is 1. The highest BCUT2D eigenvalue weighted by atomic mass is 35.5. The number of nitrogens with two attached hydrogens (primary N) is 1. The number of thiophene rings is 1. The van der Waals surface area contributed by atoms with Crippen molar-refractivity contribution in [3.63, 3.8) is 0 Å². The molecular formula is C16H29ClN2O2S. The van der Waals surface area contributed by atoms with Crippen LogP contribution in [0.3, 0.4) is 0 Å². The van der Waals surface area contributed by atoms with Crippen molar-refractivity contribution in [2.24, 2.45) is 5.73 Å². The fraction of sp³-hybridized carbons (Fsp3) is 0.688. The van der Waals surface area contributed by atoms with E-state index in [-0.39, 0.29) is 24.5 Å². The van der Waals surface area contributed by atoms with Gasteiger partial charge in [0.15, 0.2) is 0 Å². The summed E-state index contributed by atoms with van der Waals surface area (Å²) < 4.78 is 5.38. The smallest absolute Gasteiger partial charge is 0.410 e. The lowest BCUT2D eigenvalue weighted by Gasteiger charge is -2.22. The van der Waals surface area contributed by atoms with Crippen LogP contribution in [0.5, 0.6) is 0 Å². The summed E-state index contributed by atoms with van der Waals surface area (Å²) in [5.74, 6) is 0. The van der Waals surface area contributed by atoms with Gasteiger partial charge in [-0.2, -0.15) is 0 Å². The Morgan fingerprint density at radius 1 is 1.36 bits per heavy atom. The molecule has 22 heavy (non-hydrogen) atoms. The molecule has 0 spiro atoms. The molecule has 0 saturated carbocycles. The van der Waals surface area contributed by atoms with E-state index >= 15 is 0 Å². The number of nitrogens with zero attached hydrogens (tertiary/aromatic N) is 1. The molecule has 0 aliphatic heterocycles. The first-order chi connectivity index (χ1) is 10.2. The molecule has 6 heteroatoms. The monoisotopic (exact) mass is 348 g/mol. The summed E-state index contributed by atoms with van der Waals surface area (Å²) >= 11 is 1.66. The standard InChI is InChI=1S/C16H28N2O2S.ClH/c1-3-5-8-14(17)13-20-16(19)18(10-6-4-2)12-15-9-7-11-21-15;/h7,9,11,14H,3-6,8,10,12-13,17H2,1-2H3;1H/t14-;/m0./s1. The van der Waals surface area contributed by atoms with Crippen LogP contribution in [0.2, 0.25) is 0 Å². The number of carbonyl (C=O) groups is 1. The van der Waals surface area contributed by atoms with Gasteiger partial charge in [0, 0.05) is 17.5 Å². The van der Waals surface area contributed by atoms with Crippen LogP contribution in [-0.4, -0.2) is 30.2 Å². The van der Waals surface area contributed by atoms with Gasteiger partial charge in [0.2, 0.25) is 0 Å². The lowest BCUT2D eigenvalue weighted by Crippen LogP contribution is -2.35. The molecule has 128 valence electrons. The minimum absolute atomic E-state index is 0. The Balaban J connectivity index is 0.00000441. The third-order valence-corrected chi connectivity index (χ3v) is 4.18. The highest BCUT2D eigenvalue weighted by Crippen LogP contribution is 2.13. The average Bonchev–Trinajstić information content (AvgIpc) is 2.99. The van der Waals surface area contributed by atoms with Gasteiger partial charge in [-0.25, -0.2) is 4.79 Å². The number of hydrogen-bond donors (Lipinski definition) is 1. The molecule has 1 amide bonds. The molecule has 1 atom stereocenters. The molecule has 4 nitrogen and oxygen atoms in total. The van der Waals surface area contributed by atoms with Crippen molar-refractivity contribution in [2.75, 3.05) is 13.2 Å². The van der Waals surface area contributed by atoms with E-state index in [4.69, 9.17) is 10.5 Å². The third-order valence-electron chi connectivity index (χ3n) is 3.32. The topological polar surface area (TPSA) is 55.6 Å². The molecule has 0 unspecified atom stereocenters. The van der Waals surface area contributed by atoms with E-state index in [1.807, 2.05) is 17.5 Å². The quantitative estimate of drug-likeness (QED) is 0.680. The van der Waals surface area contributed by atoms with Gasteiger partial charge in [-0.1, -0.05) is 39.2 Å². The van der Waals surface area contributed by atoms with Crippen molar-refractivity contribution in [3.8, 4) is 0 Å². The van der Waals surface area contributed by atoms with Gasteiger partial charge in [-0.05, 0) is 24.3 Å². The van der Waals surface area contributed by atoms with E-state index in [0.29, 0.717) is 13.2 Å². The molecule has 1 aromatic rings. The normalized spacial score (nSPS) is 11.6. The van der Waals surface area contributed by atoms with Gasteiger partial charge >= 0.3 is 6.09 Å². The van der Waals surface area contributed by atoms with Crippen LogP contribution in [0, 0.1) is 0 Å². The summed E-state index contributed by atoms with van der Waals surface area (Å²) in [6, 6.07) is 4.00. The summed E-state index contributed by atoms with van der Waals surface area (Å²) in [4.78, 5) is 15.2. The van der Waals surface area contributed by atoms with E-state index in [1.165, 1.54) is 4.88 Å². The Labute approximate surface area is 144 Å². The first-order valence-corrected chi connectivity index (χ1v) is 8.75. The average molecular weight is 349 g/mol. The number of rotatable bonds is 10. The van der Waals surface area contributed by atoms with Gasteiger partial charge in [0.05, 0.1) is 6.54 Å². The summed E-state index contributed by atoms with van der Waals surface area (Å²) in [6.45, 7) is 5.92. The predicted octanol–water partition coefficient (Wildman–Crippen LogP) is 4.43. The first kappa shape index (κ1) is 21.2. The summed E-state index contributed by atoms with van der Waals surface area (Å²) in [6.07, 6.45) is 4.90. The number of unbranched alkanes of at least 4 members (excludes halogenated alkanes) is 2. The molecule has 2 N–H and O–H groups in total. The highest BCUT2D eigenvalue weighted by Gasteiger charge is 2.16. The molecule has 1 aromatic heterocycles. The number of hydrogen-bond acceptors (Lipinski definition) is 4. The zero-order valence-corrected chi connectivity index (χ0v) is 15.3. The maximum atomic E-state index is 12.2. The van der Waals surface area contributed by atoms with Crippen molar-refractivity contribution < 1.29 is 9.53 Å². The van der Waals surface area contributed by atoms with Gasteiger partial charge < -0.3 is 15.4 Å². The minimum Gasteiger partial charge on any atom is -0.448 e. The Morgan fingerprint density at radius 2 is 2.09 bits per heavy atom. The van der Waals surface area contributed by atoms with Crippen LogP contribution in [0.4, 0.5) is 4.79 Å². The van der Waals surface area contributed by atoms with Crippen molar-refractivity contribution in [3.05, 3.63) is 22.4 Å². The number of carbonyl (C=O) groups excluding carboxylic acids is 1. The van der Waals surface area contributed by atoms with E-state index in [1.54, 1.807) is 16.2 Å². The second kappa shape index (κ2) is 12.7. The van der Waals surface area contributed by atoms with Gasteiger partial charge in [0.1, 0.15) is 6.61 Å². The van der Waals surface area contributed by atoms with Crippen molar-refractivity contribution in [2.45, 2.75) is 58.5 Å². The molecule has 0 bridgehead atoms.